The summed E-state index contributed by atoms with van der Waals surface area (Å²) < 4.78 is 42.7. The van der Waals surface area contributed by atoms with Gasteiger partial charge in [0.25, 0.3) is 0 Å². The highest BCUT2D eigenvalue weighted by Crippen LogP contribution is 2.34. The van der Waals surface area contributed by atoms with Crippen molar-refractivity contribution in [3.8, 4) is 22.8 Å². The lowest BCUT2D eigenvalue weighted by Gasteiger charge is -2.23. The number of hydrogen-bond acceptors (Lipinski definition) is 7. The fourth-order valence-electron chi connectivity index (χ4n) is 4.82. The number of thioether (sulfide) groups is 1. The molecule has 0 saturated carbocycles. The molecule has 0 radical (unpaired) electrons. The Labute approximate surface area is 272 Å². The molecule has 1 unspecified atom stereocenters. The Bertz CT molecular complexity index is 1820. The number of amides is 4. The van der Waals surface area contributed by atoms with Gasteiger partial charge in [0, 0.05) is 12.5 Å². The molecule has 5 rings (SSSR count). The van der Waals surface area contributed by atoms with Crippen LogP contribution in [0, 0.1) is 6.92 Å². The molecule has 2 N–H and O–H groups in total. The molecule has 4 amide bonds. The zero-order chi connectivity index (χ0) is 33.9. The first-order valence-electron chi connectivity index (χ1n) is 14.4. The summed E-state index contributed by atoms with van der Waals surface area (Å²) in [5.41, 5.74) is 4.28. The average Bonchev–Trinajstić information content (AvgIpc) is 3.63. The van der Waals surface area contributed by atoms with Crippen molar-refractivity contribution in [1.82, 2.24) is 25.4 Å². The highest BCUT2D eigenvalue weighted by molar-refractivity contribution is 8.15. The lowest BCUT2D eigenvalue weighted by Crippen LogP contribution is -2.40. The number of amidine groups is 1. The first-order chi connectivity index (χ1) is 22.3. The van der Waals surface area contributed by atoms with Crippen LogP contribution in [0.2, 0.25) is 0 Å². The maximum atomic E-state index is 13.1. The molecule has 1 aromatic heterocycles. The van der Waals surface area contributed by atoms with Gasteiger partial charge in [-0.3, -0.25) is 14.5 Å². The third-order valence-corrected chi connectivity index (χ3v) is 7.88. The Morgan fingerprint density at radius 3 is 2.36 bits per heavy atom. The summed E-state index contributed by atoms with van der Waals surface area (Å²) in [7, 11) is 0. The topological polar surface area (TPSA) is 131 Å². The second-order valence-electron chi connectivity index (χ2n) is 10.9. The minimum absolute atomic E-state index is 0.128. The number of ether oxygens (including phenoxy) is 1. The van der Waals surface area contributed by atoms with Gasteiger partial charge in [-0.25, -0.2) is 14.5 Å². The monoisotopic (exact) mass is 665 g/mol. The zero-order valence-corrected chi connectivity index (χ0v) is 26.5. The van der Waals surface area contributed by atoms with E-state index < -0.39 is 24.5 Å². The van der Waals surface area contributed by atoms with E-state index in [0.29, 0.717) is 28.3 Å². The third kappa shape index (κ3) is 8.16. The molecular weight excluding hydrogens is 635 g/mol. The SMILES string of the molecule is CC(=O)NC(NC(=O)N=C1SCC(=O)N1c1ccc(C)cc1C(C)C)c1ccc(-c2ncn(-c3ccc(OC(F)(F)F)cc3)n2)cc1. The van der Waals surface area contributed by atoms with Crippen molar-refractivity contribution in [2.45, 2.75) is 46.1 Å². The maximum Gasteiger partial charge on any atom is 0.573 e. The number of halogens is 3. The first-order valence-corrected chi connectivity index (χ1v) is 15.4. The van der Waals surface area contributed by atoms with E-state index in [1.807, 2.05) is 39.0 Å². The molecule has 1 atom stereocenters. The number of aromatic nitrogens is 3. The Morgan fingerprint density at radius 2 is 1.72 bits per heavy atom. The van der Waals surface area contributed by atoms with E-state index in [2.05, 4.69) is 30.4 Å². The van der Waals surface area contributed by atoms with E-state index in [1.54, 1.807) is 24.3 Å². The predicted molar refractivity (Wildman–Crippen MR) is 171 cm³/mol. The predicted octanol–water partition coefficient (Wildman–Crippen LogP) is 6.25. The second kappa shape index (κ2) is 13.7. The molecule has 0 aliphatic carbocycles. The van der Waals surface area contributed by atoms with E-state index >= 15 is 0 Å². The van der Waals surface area contributed by atoms with Gasteiger partial charge in [-0.05, 0) is 54.3 Å². The van der Waals surface area contributed by atoms with Crippen molar-refractivity contribution in [1.29, 1.82) is 0 Å². The van der Waals surface area contributed by atoms with E-state index in [0.717, 1.165) is 22.9 Å². The van der Waals surface area contributed by atoms with Crippen LogP contribution in [0.1, 0.15) is 49.5 Å². The lowest BCUT2D eigenvalue weighted by molar-refractivity contribution is -0.274. The summed E-state index contributed by atoms with van der Waals surface area (Å²) in [5.74, 6) is -0.349. The average molecular weight is 666 g/mol. The number of hydrogen-bond donors (Lipinski definition) is 2. The summed E-state index contributed by atoms with van der Waals surface area (Å²) in [5, 5.41) is 10.0. The fraction of sp³-hybridized carbons (Fsp3) is 0.250. The van der Waals surface area contributed by atoms with Gasteiger partial charge in [-0.15, -0.1) is 18.3 Å². The Kier molecular flexibility index (Phi) is 9.65. The van der Waals surface area contributed by atoms with Crippen LogP contribution in [0.4, 0.5) is 23.7 Å². The van der Waals surface area contributed by atoms with Crippen LogP contribution in [-0.4, -0.2) is 49.9 Å². The van der Waals surface area contributed by atoms with Gasteiger partial charge in [0.1, 0.15) is 18.2 Å². The number of urea groups is 1. The Hall–Kier alpha value is -5.18. The highest BCUT2D eigenvalue weighted by Gasteiger charge is 2.33. The molecule has 2 heterocycles. The van der Waals surface area contributed by atoms with Crippen molar-refractivity contribution in [3.63, 3.8) is 0 Å². The largest absolute Gasteiger partial charge is 0.573 e. The third-order valence-electron chi connectivity index (χ3n) is 6.95. The van der Waals surface area contributed by atoms with Crippen molar-refractivity contribution in [3.05, 3.63) is 89.7 Å². The Balaban J connectivity index is 1.32. The van der Waals surface area contributed by atoms with Gasteiger partial charge in [0.05, 0.1) is 17.1 Å². The normalized spacial score (nSPS) is 14.9. The molecule has 0 bridgehead atoms. The molecule has 244 valence electrons. The van der Waals surface area contributed by atoms with Crippen molar-refractivity contribution < 1.29 is 32.3 Å². The number of nitrogens with one attached hydrogen (secondary N) is 2. The van der Waals surface area contributed by atoms with Crippen LogP contribution in [0.25, 0.3) is 17.1 Å². The molecule has 3 aromatic carbocycles. The number of anilines is 1. The molecule has 1 aliphatic heterocycles. The quantitative estimate of drug-likeness (QED) is 0.213. The Morgan fingerprint density at radius 1 is 1.02 bits per heavy atom. The van der Waals surface area contributed by atoms with Gasteiger partial charge in [-0.1, -0.05) is 67.6 Å². The van der Waals surface area contributed by atoms with Crippen LogP contribution >= 0.6 is 11.8 Å². The number of benzene rings is 3. The summed E-state index contributed by atoms with van der Waals surface area (Å²) >= 11 is 1.16. The van der Waals surface area contributed by atoms with Crippen molar-refractivity contribution in [2.24, 2.45) is 4.99 Å². The number of aliphatic imine (C=N–C) groups is 1. The highest BCUT2D eigenvalue weighted by atomic mass is 32.2. The molecule has 4 aromatic rings. The molecule has 0 spiro atoms. The van der Waals surface area contributed by atoms with Gasteiger partial charge in [-0.2, -0.15) is 4.99 Å². The second-order valence-corrected chi connectivity index (χ2v) is 11.8. The number of carbonyl (C=O) groups is 3. The van der Waals surface area contributed by atoms with E-state index in [9.17, 15) is 27.6 Å². The minimum Gasteiger partial charge on any atom is -0.406 e. The first kappa shape index (κ1) is 33.2. The van der Waals surface area contributed by atoms with Crippen molar-refractivity contribution in [2.75, 3.05) is 10.7 Å². The van der Waals surface area contributed by atoms with Crippen LogP contribution < -0.4 is 20.3 Å². The summed E-state index contributed by atoms with van der Waals surface area (Å²) in [6.07, 6.45) is -4.32. The van der Waals surface area contributed by atoms with Crippen molar-refractivity contribution >= 4 is 40.5 Å². The van der Waals surface area contributed by atoms with Gasteiger partial charge < -0.3 is 15.4 Å². The molecule has 47 heavy (non-hydrogen) atoms. The van der Waals surface area contributed by atoms with Gasteiger partial charge in [0.15, 0.2) is 11.0 Å². The number of carbonyl (C=O) groups excluding carboxylic acids is 3. The smallest absolute Gasteiger partial charge is 0.406 e. The minimum atomic E-state index is -4.79. The van der Waals surface area contributed by atoms with Crippen LogP contribution in [0.3, 0.4) is 0 Å². The molecule has 11 nitrogen and oxygen atoms in total. The molecule has 1 fully saturated rings. The van der Waals surface area contributed by atoms with E-state index in [-0.39, 0.29) is 28.5 Å². The van der Waals surface area contributed by atoms with E-state index in [1.165, 1.54) is 47.1 Å². The van der Waals surface area contributed by atoms with Crippen LogP contribution in [0.5, 0.6) is 5.75 Å². The number of aryl methyl sites for hydroxylation is 1. The summed E-state index contributed by atoms with van der Waals surface area (Å²) in [4.78, 5) is 48.0. The maximum absolute atomic E-state index is 13.1. The fourth-order valence-corrected chi connectivity index (χ4v) is 5.67. The zero-order valence-electron chi connectivity index (χ0n) is 25.7. The number of rotatable bonds is 8. The number of nitrogens with zero attached hydrogens (tertiary/aromatic N) is 5. The summed E-state index contributed by atoms with van der Waals surface area (Å²) in [6, 6.07) is 16.9. The van der Waals surface area contributed by atoms with Gasteiger partial charge in [0.2, 0.25) is 11.8 Å². The standard InChI is InChI=1S/C32H30F3N7O4S/c1-18(2)25-15-19(3)5-14-26(25)42-27(44)16-47-31(42)39-30(45)38-29(37-20(4)43)22-8-6-21(7-9-22)28-36-17-41(40-28)23-10-12-24(13-11-23)46-32(33,34)35/h5-15,17-18,29H,16H2,1-4H3,(H,37,43)(H,38,45). The van der Waals surface area contributed by atoms with E-state index in [4.69, 9.17) is 0 Å². The molecular formula is C32H30F3N7O4S. The van der Waals surface area contributed by atoms with Crippen LogP contribution in [0.15, 0.2) is 78.0 Å². The van der Waals surface area contributed by atoms with Gasteiger partial charge >= 0.3 is 12.4 Å². The van der Waals surface area contributed by atoms with Crippen LogP contribution in [-0.2, 0) is 9.59 Å². The molecule has 15 heteroatoms. The lowest BCUT2D eigenvalue weighted by atomic mass is 9.98. The molecule has 1 aliphatic rings. The molecule has 1 saturated heterocycles. The summed E-state index contributed by atoms with van der Waals surface area (Å²) in [6.45, 7) is 7.34. The number of alkyl halides is 3.